The molecule has 37 heavy (non-hydrogen) atoms. The summed E-state index contributed by atoms with van der Waals surface area (Å²) >= 11 is 0. The Bertz CT molecular complexity index is 1450. The van der Waals surface area contributed by atoms with Gasteiger partial charge in [0.1, 0.15) is 5.69 Å². The highest BCUT2D eigenvalue weighted by atomic mass is 16.5. The van der Waals surface area contributed by atoms with E-state index >= 15 is 0 Å². The lowest BCUT2D eigenvalue weighted by Crippen LogP contribution is -2.41. The van der Waals surface area contributed by atoms with Crippen LogP contribution in [0.5, 0.6) is 0 Å². The molecular formula is C27H31N7O3. The summed E-state index contributed by atoms with van der Waals surface area (Å²) in [6.07, 6.45) is 4.66. The summed E-state index contributed by atoms with van der Waals surface area (Å²) in [5, 5.41) is 16.4. The van der Waals surface area contributed by atoms with Crippen molar-refractivity contribution < 1.29 is 9.53 Å². The van der Waals surface area contributed by atoms with Crippen LogP contribution in [0.2, 0.25) is 0 Å². The van der Waals surface area contributed by atoms with E-state index in [-0.39, 0.29) is 11.5 Å². The number of tetrazole rings is 1. The van der Waals surface area contributed by atoms with Gasteiger partial charge in [0.2, 0.25) is 0 Å². The molecule has 0 spiro atoms. The zero-order valence-corrected chi connectivity index (χ0v) is 21.3. The Morgan fingerprint density at radius 2 is 1.73 bits per heavy atom. The highest BCUT2D eigenvalue weighted by molar-refractivity contribution is 5.89. The Kier molecular flexibility index (Phi) is 6.64. The van der Waals surface area contributed by atoms with Gasteiger partial charge in [0.05, 0.1) is 34.8 Å². The maximum absolute atomic E-state index is 13.7. The SMILES string of the molecule is CCOC(=O)c1ccc(-n2nnnc2C2(Nc3c(C)n(C)n(-c4ccccc4)c3=O)CCCCC2)cc1. The third kappa shape index (κ3) is 4.43. The molecule has 2 aromatic carbocycles. The van der Waals surface area contributed by atoms with Crippen molar-refractivity contribution in [2.45, 2.75) is 51.5 Å². The maximum atomic E-state index is 13.7. The molecule has 1 saturated carbocycles. The van der Waals surface area contributed by atoms with Gasteiger partial charge in [-0.1, -0.05) is 37.5 Å². The van der Waals surface area contributed by atoms with Crippen LogP contribution in [0.4, 0.5) is 5.69 Å². The molecule has 1 aliphatic rings. The zero-order valence-electron chi connectivity index (χ0n) is 21.3. The summed E-state index contributed by atoms with van der Waals surface area (Å²) in [6.45, 7) is 4.03. The minimum absolute atomic E-state index is 0.117. The fraction of sp³-hybridized carbons (Fsp3) is 0.370. The Morgan fingerprint density at radius 3 is 2.41 bits per heavy atom. The number of hydrogen-bond donors (Lipinski definition) is 1. The van der Waals surface area contributed by atoms with E-state index in [1.54, 1.807) is 40.6 Å². The van der Waals surface area contributed by atoms with Crippen LogP contribution < -0.4 is 10.9 Å². The topological polar surface area (TPSA) is 109 Å². The van der Waals surface area contributed by atoms with Gasteiger partial charge >= 0.3 is 5.97 Å². The molecule has 0 bridgehead atoms. The molecule has 5 rings (SSSR count). The Labute approximate surface area is 214 Å². The third-order valence-electron chi connectivity index (χ3n) is 7.15. The van der Waals surface area contributed by atoms with Crippen molar-refractivity contribution in [1.82, 2.24) is 29.6 Å². The fourth-order valence-electron chi connectivity index (χ4n) is 5.12. The van der Waals surface area contributed by atoms with Crippen LogP contribution in [-0.2, 0) is 17.3 Å². The van der Waals surface area contributed by atoms with Gasteiger partial charge in [-0.25, -0.2) is 9.48 Å². The molecule has 0 atom stereocenters. The number of carbonyl (C=O) groups is 1. The molecular weight excluding hydrogens is 470 g/mol. The normalized spacial score (nSPS) is 14.9. The molecule has 10 nitrogen and oxygen atoms in total. The highest BCUT2D eigenvalue weighted by Gasteiger charge is 2.41. The largest absolute Gasteiger partial charge is 0.462 e. The molecule has 0 amide bonds. The van der Waals surface area contributed by atoms with Gasteiger partial charge in [0.15, 0.2) is 5.82 Å². The van der Waals surface area contributed by atoms with E-state index in [9.17, 15) is 9.59 Å². The van der Waals surface area contributed by atoms with Crippen molar-refractivity contribution in [1.29, 1.82) is 0 Å². The quantitative estimate of drug-likeness (QED) is 0.383. The van der Waals surface area contributed by atoms with Gasteiger partial charge in [-0.15, -0.1) is 5.10 Å². The molecule has 2 aromatic heterocycles. The van der Waals surface area contributed by atoms with Crippen molar-refractivity contribution in [3.05, 3.63) is 82.0 Å². The molecule has 0 saturated heterocycles. The van der Waals surface area contributed by atoms with Crippen LogP contribution in [0.15, 0.2) is 59.4 Å². The summed E-state index contributed by atoms with van der Waals surface area (Å²) in [5.74, 6) is 0.274. The molecule has 2 heterocycles. The predicted molar refractivity (Wildman–Crippen MR) is 139 cm³/mol. The summed E-state index contributed by atoms with van der Waals surface area (Å²) in [6, 6.07) is 16.6. The van der Waals surface area contributed by atoms with E-state index in [1.165, 1.54) is 0 Å². The van der Waals surface area contributed by atoms with Crippen LogP contribution in [0, 0.1) is 6.92 Å². The Hall–Kier alpha value is -4.21. The lowest BCUT2D eigenvalue weighted by molar-refractivity contribution is 0.0526. The van der Waals surface area contributed by atoms with Crippen LogP contribution in [0.3, 0.4) is 0 Å². The second-order valence-electron chi connectivity index (χ2n) is 9.39. The number of nitrogens with one attached hydrogen (secondary N) is 1. The van der Waals surface area contributed by atoms with Crippen LogP contribution in [0.25, 0.3) is 11.4 Å². The smallest absolute Gasteiger partial charge is 0.338 e. The van der Waals surface area contributed by atoms with Crippen LogP contribution >= 0.6 is 0 Å². The minimum Gasteiger partial charge on any atom is -0.462 e. The molecule has 1 aliphatic carbocycles. The van der Waals surface area contributed by atoms with Gasteiger partial charge in [-0.3, -0.25) is 9.48 Å². The first-order chi connectivity index (χ1) is 17.9. The van der Waals surface area contributed by atoms with Gasteiger partial charge < -0.3 is 10.1 Å². The van der Waals surface area contributed by atoms with E-state index in [0.717, 1.165) is 49.2 Å². The number of anilines is 1. The first kappa shape index (κ1) is 24.5. The van der Waals surface area contributed by atoms with Gasteiger partial charge in [0, 0.05) is 7.05 Å². The summed E-state index contributed by atoms with van der Waals surface area (Å²) < 4.78 is 10.3. The molecule has 4 aromatic rings. The number of benzene rings is 2. The number of para-hydroxylation sites is 1. The molecule has 0 aliphatic heterocycles. The second-order valence-corrected chi connectivity index (χ2v) is 9.39. The average molecular weight is 502 g/mol. The number of hydrogen-bond acceptors (Lipinski definition) is 7. The number of rotatable bonds is 7. The van der Waals surface area contributed by atoms with Crippen LogP contribution in [0.1, 0.15) is 60.9 Å². The van der Waals surface area contributed by atoms with Gasteiger partial charge in [-0.2, -0.15) is 4.68 Å². The lowest BCUT2D eigenvalue weighted by atomic mass is 9.80. The first-order valence-corrected chi connectivity index (χ1v) is 12.6. The fourth-order valence-corrected chi connectivity index (χ4v) is 5.12. The molecule has 192 valence electrons. The van der Waals surface area contributed by atoms with Gasteiger partial charge in [-0.05, 0) is 73.5 Å². The van der Waals surface area contributed by atoms with Crippen molar-refractivity contribution >= 4 is 11.7 Å². The Morgan fingerprint density at radius 1 is 1.03 bits per heavy atom. The van der Waals surface area contributed by atoms with E-state index in [2.05, 4.69) is 20.8 Å². The average Bonchev–Trinajstić information content (AvgIpc) is 3.50. The monoisotopic (exact) mass is 501 g/mol. The molecule has 0 unspecified atom stereocenters. The molecule has 1 N–H and O–H groups in total. The molecule has 10 heteroatoms. The predicted octanol–water partition coefficient (Wildman–Crippen LogP) is 3.91. The molecule has 1 fully saturated rings. The maximum Gasteiger partial charge on any atom is 0.338 e. The number of esters is 1. The number of ether oxygens (including phenoxy) is 1. The van der Waals surface area contributed by atoms with Crippen molar-refractivity contribution in [2.24, 2.45) is 7.05 Å². The Balaban J connectivity index is 1.55. The van der Waals surface area contributed by atoms with Crippen molar-refractivity contribution in [3.63, 3.8) is 0 Å². The number of carbonyl (C=O) groups excluding carboxylic acids is 1. The molecule has 0 radical (unpaired) electrons. The summed E-state index contributed by atoms with van der Waals surface area (Å²) in [5.41, 5.74) is 2.63. The summed E-state index contributed by atoms with van der Waals surface area (Å²) in [7, 11) is 1.89. The van der Waals surface area contributed by atoms with E-state index in [1.807, 2.05) is 49.0 Å². The lowest BCUT2D eigenvalue weighted by Gasteiger charge is -2.37. The van der Waals surface area contributed by atoms with E-state index in [4.69, 9.17) is 4.74 Å². The highest BCUT2D eigenvalue weighted by Crippen LogP contribution is 2.39. The van der Waals surface area contributed by atoms with Crippen molar-refractivity contribution in [3.8, 4) is 11.4 Å². The van der Waals surface area contributed by atoms with Crippen molar-refractivity contribution in [2.75, 3.05) is 11.9 Å². The third-order valence-corrected chi connectivity index (χ3v) is 7.15. The van der Waals surface area contributed by atoms with Gasteiger partial charge in [0.25, 0.3) is 5.56 Å². The zero-order chi connectivity index (χ0) is 26.0. The number of aromatic nitrogens is 6. The van der Waals surface area contributed by atoms with E-state index < -0.39 is 5.54 Å². The first-order valence-electron chi connectivity index (χ1n) is 12.6. The van der Waals surface area contributed by atoms with Crippen LogP contribution in [-0.4, -0.2) is 42.1 Å². The minimum atomic E-state index is -0.624. The summed E-state index contributed by atoms with van der Waals surface area (Å²) in [4.78, 5) is 25.8. The standard InChI is InChI=1S/C27H31N7O3/c1-4-37-25(36)20-13-15-21(16-14-20)33-26(29-30-31-33)27(17-9-6-10-18-27)28-23-19(2)32(3)34(24(23)35)22-11-7-5-8-12-22/h5,7-8,11-16,28H,4,6,9-10,17-18H2,1-3H3. The second kappa shape index (κ2) is 10.0. The number of nitrogens with zero attached hydrogens (tertiary/aromatic N) is 6. The van der Waals surface area contributed by atoms with E-state index in [0.29, 0.717) is 23.7 Å².